The average Bonchev–Trinajstić information content (AvgIpc) is 2.97. The highest BCUT2D eigenvalue weighted by molar-refractivity contribution is 5.99. The molecule has 3 aliphatic carbocycles. The molecule has 0 bridgehead atoms. The lowest BCUT2D eigenvalue weighted by Gasteiger charge is -2.64. The second-order valence-electron chi connectivity index (χ2n) is 12.8. The Morgan fingerprint density at radius 1 is 0.611 bits per heavy atom. The molecule has 2 nitrogen and oxygen atoms in total. The maximum atomic E-state index is 14.0. The topological polar surface area (TPSA) is 34.1 Å². The Balaban J connectivity index is 1.99. The lowest BCUT2D eigenvalue weighted by atomic mass is 9.33. The maximum absolute atomic E-state index is 14.0. The van der Waals surface area contributed by atoms with Crippen LogP contribution < -0.4 is 0 Å². The van der Waals surface area contributed by atoms with E-state index in [9.17, 15) is 9.59 Å². The second-order valence-corrected chi connectivity index (χ2v) is 12.8. The Bertz CT molecular complexity index is 1270. The Morgan fingerprint density at radius 3 is 1.33 bits per heavy atom. The van der Waals surface area contributed by atoms with Crippen LogP contribution in [-0.2, 0) is 33.3 Å². The summed E-state index contributed by atoms with van der Waals surface area (Å²) in [6, 6.07) is 16.8. The van der Waals surface area contributed by atoms with Gasteiger partial charge in [0.2, 0.25) is 0 Å². The van der Waals surface area contributed by atoms with Gasteiger partial charge in [-0.2, -0.15) is 0 Å². The van der Waals surface area contributed by atoms with Crippen molar-refractivity contribution in [2.75, 3.05) is 0 Å². The summed E-state index contributed by atoms with van der Waals surface area (Å²) in [6.45, 7) is 12.6. The van der Waals surface area contributed by atoms with Crippen molar-refractivity contribution in [2.24, 2.45) is 22.7 Å². The zero-order chi connectivity index (χ0) is 25.9. The first-order chi connectivity index (χ1) is 16.9. The highest BCUT2D eigenvalue weighted by Gasteiger charge is 2.77. The number of carbonyl (C=O) groups excluding carboxylic acids is 2. The van der Waals surface area contributed by atoms with Crippen molar-refractivity contribution in [3.8, 4) is 23.7 Å². The van der Waals surface area contributed by atoms with Crippen molar-refractivity contribution in [2.45, 2.75) is 78.1 Å². The van der Waals surface area contributed by atoms with Crippen molar-refractivity contribution in [3.63, 3.8) is 0 Å². The highest BCUT2D eigenvalue weighted by Crippen LogP contribution is 2.69. The molecule has 36 heavy (non-hydrogen) atoms. The summed E-state index contributed by atoms with van der Waals surface area (Å²) in [5, 5.41) is 0. The third-order valence-corrected chi connectivity index (χ3v) is 8.02. The summed E-state index contributed by atoms with van der Waals surface area (Å²) in [5.41, 5.74) is 2.21. The standard InChI is InChI=1S/C34H36O2/c1-31(2,3)19-21-33-25-13-9-7-11-23(25)15-17-27(35)29(33)30-28(36)18-16-24-12-8-10-14-26(24)34(30,33)22-20-32(4,5)6/h7-14,29-30H,15-18H2,1-6H3/t29-,30-,33+,34+/m1/s1. The van der Waals surface area contributed by atoms with Gasteiger partial charge in [0.25, 0.3) is 0 Å². The summed E-state index contributed by atoms with van der Waals surface area (Å²) < 4.78 is 0. The Morgan fingerprint density at radius 2 is 0.972 bits per heavy atom. The van der Waals surface area contributed by atoms with Crippen molar-refractivity contribution in [3.05, 3.63) is 70.8 Å². The zero-order valence-corrected chi connectivity index (χ0v) is 22.4. The van der Waals surface area contributed by atoms with Gasteiger partial charge in [-0.3, -0.25) is 9.59 Å². The number of Topliss-reactive ketones (excluding diaryl/α,β-unsaturated/α-hetero) is 2. The molecule has 0 unspecified atom stereocenters. The Kier molecular flexibility index (Phi) is 5.61. The molecule has 184 valence electrons. The fourth-order valence-electron chi connectivity index (χ4n) is 6.64. The minimum Gasteiger partial charge on any atom is -0.299 e. The van der Waals surface area contributed by atoms with Gasteiger partial charge in [0.15, 0.2) is 0 Å². The predicted molar refractivity (Wildman–Crippen MR) is 144 cm³/mol. The molecule has 4 atom stereocenters. The summed E-state index contributed by atoms with van der Waals surface area (Å²) in [5.74, 6) is 13.9. The summed E-state index contributed by atoms with van der Waals surface area (Å²) in [7, 11) is 0. The van der Waals surface area contributed by atoms with Crippen molar-refractivity contribution >= 4 is 11.6 Å². The molecule has 0 aliphatic heterocycles. The molecular weight excluding hydrogens is 440 g/mol. The van der Waals surface area contributed by atoms with Crippen LogP contribution in [0.15, 0.2) is 48.5 Å². The van der Waals surface area contributed by atoms with Gasteiger partial charge in [-0.05, 0) is 76.6 Å². The fraction of sp³-hybridized carbons (Fsp3) is 0.471. The highest BCUT2D eigenvalue weighted by atomic mass is 16.1. The molecule has 0 amide bonds. The number of fused-ring (bicyclic) bond motifs is 8. The molecule has 1 saturated carbocycles. The van der Waals surface area contributed by atoms with Crippen LogP contribution in [0.5, 0.6) is 0 Å². The first-order valence-electron chi connectivity index (χ1n) is 13.2. The van der Waals surface area contributed by atoms with Crippen molar-refractivity contribution < 1.29 is 9.59 Å². The van der Waals surface area contributed by atoms with Gasteiger partial charge in [-0.15, -0.1) is 0 Å². The molecule has 2 aromatic rings. The molecule has 2 heteroatoms. The number of hydrogen-bond acceptors (Lipinski definition) is 2. The van der Waals surface area contributed by atoms with Crippen LogP contribution in [-0.4, -0.2) is 11.6 Å². The van der Waals surface area contributed by atoms with E-state index in [1.165, 1.54) is 0 Å². The van der Waals surface area contributed by atoms with Crippen molar-refractivity contribution in [1.29, 1.82) is 0 Å². The van der Waals surface area contributed by atoms with Crippen LogP contribution in [0.25, 0.3) is 0 Å². The van der Waals surface area contributed by atoms with Crippen LogP contribution in [0.2, 0.25) is 0 Å². The third-order valence-electron chi connectivity index (χ3n) is 8.02. The van der Waals surface area contributed by atoms with E-state index in [0.29, 0.717) is 25.7 Å². The number of hydrogen-bond donors (Lipinski definition) is 0. The number of carbonyl (C=O) groups is 2. The summed E-state index contributed by atoms with van der Waals surface area (Å²) >= 11 is 0. The molecule has 0 heterocycles. The molecule has 0 N–H and O–H groups in total. The lowest BCUT2D eigenvalue weighted by molar-refractivity contribution is -0.149. The minimum absolute atomic E-state index is 0.153. The molecule has 3 aliphatic rings. The Labute approximate surface area is 216 Å². The SMILES string of the molecule is CC(C)(C)C#C[C@]12c3ccccc3CCC(=O)[C@@H]1[C@H]1C(=O)CCc3ccccc3[C@@]12C#CC(C)(C)C. The number of benzene rings is 2. The first-order valence-corrected chi connectivity index (χ1v) is 13.2. The first kappa shape index (κ1) is 24.6. The van der Waals surface area contributed by atoms with Crippen LogP contribution in [0.4, 0.5) is 0 Å². The summed E-state index contributed by atoms with van der Waals surface area (Å²) in [4.78, 5) is 27.9. The molecule has 2 aromatic carbocycles. The molecular formula is C34H36O2. The van der Waals surface area contributed by atoms with E-state index in [-0.39, 0.29) is 22.4 Å². The van der Waals surface area contributed by atoms with E-state index >= 15 is 0 Å². The number of rotatable bonds is 0. The summed E-state index contributed by atoms with van der Waals surface area (Å²) in [6.07, 6.45) is 2.23. The van der Waals surface area contributed by atoms with Gasteiger partial charge in [-0.1, -0.05) is 72.2 Å². The zero-order valence-electron chi connectivity index (χ0n) is 22.4. The monoisotopic (exact) mass is 476 g/mol. The van der Waals surface area contributed by atoms with Gasteiger partial charge in [0.1, 0.15) is 11.6 Å². The van der Waals surface area contributed by atoms with Gasteiger partial charge in [-0.25, -0.2) is 0 Å². The second kappa shape index (κ2) is 8.21. The lowest BCUT2D eigenvalue weighted by Crippen LogP contribution is -2.73. The van der Waals surface area contributed by atoms with Gasteiger partial charge >= 0.3 is 0 Å². The smallest absolute Gasteiger partial charge is 0.139 e. The number of ketones is 2. The van der Waals surface area contributed by atoms with E-state index in [1.807, 2.05) is 12.1 Å². The van der Waals surface area contributed by atoms with E-state index in [4.69, 9.17) is 0 Å². The van der Waals surface area contributed by atoms with Gasteiger partial charge < -0.3 is 0 Å². The van der Waals surface area contributed by atoms with Crippen LogP contribution in [0.3, 0.4) is 0 Å². The van der Waals surface area contributed by atoms with Crippen molar-refractivity contribution in [1.82, 2.24) is 0 Å². The molecule has 0 aromatic heterocycles. The Hall–Kier alpha value is -3.10. The van der Waals surface area contributed by atoms with E-state index in [0.717, 1.165) is 22.3 Å². The largest absolute Gasteiger partial charge is 0.299 e. The quantitative estimate of drug-likeness (QED) is 0.422. The fourth-order valence-corrected chi connectivity index (χ4v) is 6.64. The molecule has 0 radical (unpaired) electrons. The molecule has 0 saturated heterocycles. The maximum Gasteiger partial charge on any atom is 0.139 e. The van der Waals surface area contributed by atoms with E-state index < -0.39 is 22.7 Å². The van der Waals surface area contributed by atoms with Crippen LogP contribution in [0.1, 0.15) is 76.6 Å². The van der Waals surface area contributed by atoms with Crippen LogP contribution in [0, 0.1) is 46.3 Å². The van der Waals surface area contributed by atoms with E-state index in [2.05, 4.69) is 102 Å². The van der Waals surface area contributed by atoms with E-state index in [1.54, 1.807) is 0 Å². The van der Waals surface area contributed by atoms with Gasteiger partial charge in [0, 0.05) is 23.7 Å². The molecule has 5 rings (SSSR count). The average molecular weight is 477 g/mol. The molecule has 1 fully saturated rings. The minimum atomic E-state index is -0.872. The normalized spacial score (nSPS) is 28.8. The van der Waals surface area contributed by atoms with Gasteiger partial charge in [0.05, 0.1) is 22.7 Å². The third kappa shape index (κ3) is 3.58. The van der Waals surface area contributed by atoms with Crippen LogP contribution >= 0.6 is 0 Å². The predicted octanol–water partition coefficient (Wildman–Crippen LogP) is 6.24. The molecule has 0 spiro atoms. The number of aryl methyl sites for hydroxylation is 2.